The minimum Gasteiger partial charge on any atom is -0.351 e. The predicted octanol–water partition coefficient (Wildman–Crippen LogP) is 4.57. The standard InChI is InChI=1S/C20H19ClN4OS/c1-27-20-24-17(21)16(18(25-20)23-15-10-6-3-7-11-15)19(26)22-13-12-14-8-4-2-5-9-14/h2-11H,12-13H2,1H3,(H,22,26)(H,23,24,25). The Labute approximate surface area is 167 Å². The first kappa shape index (κ1) is 19.2. The highest BCUT2D eigenvalue weighted by molar-refractivity contribution is 7.98. The monoisotopic (exact) mass is 398 g/mol. The SMILES string of the molecule is CSc1nc(Cl)c(C(=O)NCCc2ccccc2)c(Nc2ccccc2)n1. The summed E-state index contributed by atoms with van der Waals surface area (Å²) < 4.78 is 0. The number of nitrogens with one attached hydrogen (secondary N) is 2. The van der Waals surface area contributed by atoms with Crippen LogP contribution in [0.3, 0.4) is 0 Å². The van der Waals surface area contributed by atoms with Gasteiger partial charge in [-0.2, -0.15) is 0 Å². The molecular weight excluding hydrogens is 380 g/mol. The zero-order valence-corrected chi connectivity index (χ0v) is 16.3. The molecule has 0 unspecified atom stereocenters. The van der Waals surface area contributed by atoms with E-state index >= 15 is 0 Å². The van der Waals surface area contributed by atoms with Crippen LogP contribution in [0.2, 0.25) is 5.15 Å². The normalized spacial score (nSPS) is 10.4. The summed E-state index contributed by atoms with van der Waals surface area (Å²) >= 11 is 7.67. The molecule has 0 saturated heterocycles. The maximum absolute atomic E-state index is 12.7. The average molecular weight is 399 g/mol. The Hall–Kier alpha value is -2.57. The second-order valence-electron chi connectivity index (χ2n) is 5.71. The number of anilines is 2. The minimum absolute atomic E-state index is 0.130. The molecule has 1 aromatic heterocycles. The molecule has 0 aliphatic carbocycles. The Bertz CT molecular complexity index is 907. The van der Waals surface area contributed by atoms with Gasteiger partial charge < -0.3 is 10.6 Å². The number of carbonyl (C=O) groups is 1. The molecule has 7 heteroatoms. The number of carbonyl (C=O) groups excluding carboxylic acids is 1. The molecule has 1 amide bonds. The van der Waals surface area contributed by atoms with E-state index in [0.29, 0.717) is 17.5 Å². The van der Waals surface area contributed by atoms with Crippen LogP contribution in [0.4, 0.5) is 11.5 Å². The third kappa shape index (κ3) is 5.21. The molecule has 138 valence electrons. The van der Waals surface area contributed by atoms with Crippen LogP contribution in [-0.4, -0.2) is 28.7 Å². The highest BCUT2D eigenvalue weighted by Gasteiger charge is 2.20. The molecular formula is C20H19ClN4OS. The number of aromatic nitrogens is 2. The van der Waals surface area contributed by atoms with Gasteiger partial charge in [-0.3, -0.25) is 4.79 Å². The van der Waals surface area contributed by atoms with E-state index in [1.165, 1.54) is 11.8 Å². The maximum Gasteiger partial charge on any atom is 0.258 e. The molecule has 2 aromatic carbocycles. The van der Waals surface area contributed by atoms with Gasteiger partial charge in [0.1, 0.15) is 16.5 Å². The fourth-order valence-electron chi connectivity index (χ4n) is 2.51. The molecule has 0 saturated carbocycles. The number of amides is 1. The first-order valence-corrected chi connectivity index (χ1v) is 10.0. The van der Waals surface area contributed by atoms with Crippen molar-refractivity contribution in [2.45, 2.75) is 11.6 Å². The Morgan fingerprint density at radius 1 is 1.04 bits per heavy atom. The molecule has 0 aliphatic rings. The number of halogens is 1. The minimum atomic E-state index is -0.304. The summed E-state index contributed by atoms with van der Waals surface area (Å²) in [6.07, 6.45) is 2.59. The lowest BCUT2D eigenvalue weighted by Gasteiger charge is -2.13. The molecule has 0 radical (unpaired) electrons. The van der Waals surface area contributed by atoms with Crippen molar-refractivity contribution in [1.82, 2.24) is 15.3 Å². The van der Waals surface area contributed by atoms with Crippen molar-refractivity contribution < 1.29 is 4.79 Å². The van der Waals surface area contributed by atoms with E-state index in [4.69, 9.17) is 11.6 Å². The third-order valence-corrected chi connectivity index (χ3v) is 4.65. The molecule has 0 bridgehead atoms. The molecule has 0 fully saturated rings. The van der Waals surface area contributed by atoms with Crippen molar-refractivity contribution in [1.29, 1.82) is 0 Å². The lowest BCUT2D eigenvalue weighted by Crippen LogP contribution is -2.27. The van der Waals surface area contributed by atoms with Gasteiger partial charge in [0.05, 0.1) is 0 Å². The van der Waals surface area contributed by atoms with Gasteiger partial charge in [-0.05, 0) is 30.4 Å². The molecule has 0 spiro atoms. The summed E-state index contributed by atoms with van der Waals surface area (Å²) in [6.45, 7) is 0.494. The number of rotatable bonds is 7. The number of hydrogen-bond donors (Lipinski definition) is 2. The Kier molecular flexibility index (Phi) is 6.68. The average Bonchev–Trinajstić information content (AvgIpc) is 2.69. The quantitative estimate of drug-likeness (QED) is 0.346. The molecule has 27 heavy (non-hydrogen) atoms. The van der Waals surface area contributed by atoms with Gasteiger partial charge in [0, 0.05) is 12.2 Å². The van der Waals surface area contributed by atoms with Gasteiger partial charge in [-0.25, -0.2) is 9.97 Å². The van der Waals surface area contributed by atoms with Crippen molar-refractivity contribution in [3.05, 3.63) is 76.9 Å². The highest BCUT2D eigenvalue weighted by Crippen LogP contribution is 2.27. The first-order chi connectivity index (χ1) is 13.2. The van der Waals surface area contributed by atoms with Crippen molar-refractivity contribution in [2.24, 2.45) is 0 Å². The van der Waals surface area contributed by atoms with Gasteiger partial charge in [0.25, 0.3) is 5.91 Å². The maximum atomic E-state index is 12.7. The van der Waals surface area contributed by atoms with Crippen LogP contribution in [0.25, 0.3) is 0 Å². The zero-order valence-electron chi connectivity index (χ0n) is 14.8. The van der Waals surface area contributed by atoms with Crippen molar-refractivity contribution in [3.63, 3.8) is 0 Å². The van der Waals surface area contributed by atoms with Gasteiger partial charge in [0.15, 0.2) is 5.16 Å². The second kappa shape index (κ2) is 9.39. The summed E-state index contributed by atoms with van der Waals surface area (Å²) in [5, 5.41) is 6.70. The summed E-state index contributed by atoms with van der Waals surface area (Å²) in [6, 6.07) is 19.5. The van der Waals surface area contributed by atoms with Gasteiger partial charge in [-0.1, -0.05) is 71.9 Å². The van der Waals surface area contributed by atoms with E-state index in [-0.39, 0.29) is 16.6 Å². The van der Waals surface area contributed by atoms with E-state index < -0.39 is 0 Å². The van der Waals surface area contributed by atoms with E-state index in [9.17, 15) is 4.79 Å². The van der Waals surface area contributed by atoms with Crippen LogP contribution in [0, 0.1) is 0 Å². The lowest BCUT2D eigenvalue weighted by atomic mass is 10.1. The Morgan fingerprint density at radius 3 is 2.37 bits per heavy atom. The van der Waals surface area contributed by atoms with Crippen LogP contribution in [0.5, 0.6) is 0 Å². The van der Waals surface area contributed by atoms with E-state index in [1.54, 1.807) is 0 Å². The summed E-state index contributed by atoms with van der Waals surface area (Å²) in [5.74, 6) is 0.0878. The number of hydrogen-bond acceptors (Lipinski definition) is 5. The highest BCUT2D eigenvalue weighted by atomic mass is 35.5. The largest absolute Gasteiger partial charge is 0.351 e. The first-order valence-electron chi connectivity index (χ1n) is 8.43. The van der Waals surface area contributed by atoms with Crippen molar-refractivity contribution >= 4 is 40.8 Å². The van der Waals surface area contributed by atoms with Gasteiger partial charge in [0.2, 0.25) is 0 Å². The molecule has 5 nitrogen and oxygen atoms in total. The van der Waals surface area contributed by atoms with Crippen molar-refractivity contribution in [2.75, 3.05) is 18.1 Å². The van der Waals surface area contributed by atoms with E-state index in [0.717, 1.165) is 17.7 Å². The van der Waals surface area contributed by atoms with E-state index in [2.05, 4.69) is 20.6 Å². The second-order valence-corrected chi connectivity index (χ2v) is 6.84. The van der Waals surface area contributed by atoms with Crippen LogP contribution in [0.1, 0.15) is 15.9 Å². The molecule has 0 atom stereocenters. The van der Waals surface area contributed by atoms with Crippen LogP contribution in [-0.2, 0) is 6.42 Å². The van der Waals surface area contributed by atoms with Crippen LogP contribution < -0.4 is 10.6 Å². The smallest absolute Gasteiger partial charge is 0.258 e. The van der Waals surface area contributed by atoms with Gasteiger partial charge >= 0.3 is 0 Å². The topological polar surface area (TPSA) is 66.9 Å². The summed E-state index contributed by atoms with van der Waals surface area (Å²) in [5.41, 5.74) is 2.21. The number of nitrogens with zero attached hydrogens (tertiary/aromatic N) is 2. The molecule has 3 aromatic rings. The Morgan fingerprint density at radius 2 is 1.70 bits per heavy atom. The number of thioether (sulfide) groups is 1. The molecule has 2 N–H and O–H groups in total. The molecule has 3 rings (SSSR count). The number of benzene rings is 2. The summed E-state index contributed by atoms with van der Waals surface area (Å²) in [4.78, 5) is 21.4. The Balaban J connectivity index is 1.79. The lowest BCUT2D eigenvalue weighted by molar-refractivity contribution is 0.0954. The van der Waals surface area contributed by atoms with Crippen molar-refractivity contribution in [3.8, 4) is 0 Å². The fraction of sp³-hybridized carbons (Fsp3) is 0.150. The van der Waals surface area contributed by atoms with Gasteiger partial charge in [-0.15, -0.1) is 0 Å². The molecule has 0 aliphatic heterocycles. The third-order valence-electron chi connectivity index (χ3n) is 3.83. The summed E-state index contributed by atoms with van der Waals surface area (Å²) in [7, 11) is 0. The van der Waals surface area contributed by atoms with E-state index in [1.807, 2.05) is 66.9 Å². The number of para-hydroxylation sites is 1. The van der Waals surface area contributed by atoms with Crippen LogP contribution in [0.15, 0.2) is 65.8 Å². The van der Waals surface area contributed by atoms with Crippen LogP contribution >= 0.6 is 23.4 Å². The zero-order chi connectivity index (χ0) is 19.1. The fourth-order valence-corrected chi connectivity index (χ4v) is 3.18. The predicted molar refractivity (Wildman–Crippen MR) is 111 cm³/mol. The molecule has 1 heterocycles.